The number of anilines is 1. The molecule has 1 unspecified atom stereocenters. The van der Waals surface area contributed by atoms with Gasteiger partial charge in [-0.05, 0) is 37.1 Å². The van der Waals surface area contributed by atoms with Crippen LogP contribution in [0.2, 0.25) is 0 Å². The van der Waals surface area contributed by atoms with Crippen LogP contribution in [0.3, 0.4) is 0 Å². The van der Waals surface area contributed by atoms with E-state index in [9.17, 15) is 9.59 Å². The minimum atomic E-state index is -0.608. The highest BCUT2D eigenvalue weighted by Crippen LogP contribution is 2.14. The first kappa shape index (κ1) is 20.5. The van der Waals surface area contributed by atoms with Gasteiger partial charge >= 0.3 is 0 Å². The fraction of sp³-hybridized carbons (Fsp3) is 0.474. The zero-order valence-electron chi connectivity index (χ0n) is 15.4. The van der Waals surface area contributed by atoms with Crippen molar-refractivity contribution in [1.82, 2.24) is 5.32 Å². The molecule has 2 amide bonds. The average Bonchev–Trinajstić information content (AvgIpc) is 2.60. The second kappa shape index (κ2) is 9.70. The predicted octanol–water partition coefficient (Wildman–Crippen LogP) is 0.457. The number of methoxy groups -OCH3 is 1. The molecule has 0 aliphatic rings. The van der Waals surface area contributed by atoms with Crippen molar-refractivity contribution < 1.29 is 19.2 Å². The van der Waals surface area contributed by atoms with E-state index in [2.05, 4.69) is 16.6 Å². The molecule has 0 spiro atoms. The maximum absolute atomic E-state index is 12.2. The molecule has 6 heteroatoms. The summed E-state index contributed by atoms with van der Waals surface area (Å²) in [6.07, 6.45) is 6.89. The Balaban J connectivity index is 2.49. The van der Waals surface area contributed by atoms with Crippen molar-refractivity contribution in [2.75, 3.05) is 32.6 Å². The van der Waals surface area contributed by atoms with Crippen molar-refractivity contribution in [3.05, 3.63) is 24.3 Å². The molecular weight excluding hydrogens is 318 g/mol. The van der Waals surface area contributed by atoms with E-state index in [1.165, 1.54) is 0 Å². The summed E-state index contributed by atoms with van der Waals surface area (Å²) in [6.45, 7) is 4.26. The van der Waals surface area contributed by atoms with Gasteiger partial charge in [-0.1, -0.05) is 19.8 Å². The van der Waals surface area contributed by atoms with Crippen molar-refractivity contribution >= 4 is 17.5 Å². The molecule has 0 fully saturated rings. The summed E-state index contributed by atoms with van der Waals surface area (Å²) in [4.78, 5) is 25.0. The van der Waals surface area contributed by atoms with Crippen molar-refractivity contribution in [2.24, 2.45) is 0 Å². The smallest absolute Gasteiger partial charge is 0.279 e. The number of hydrogen-bond acceptors (Lipinski definition) is 3. The van der Waals surface area contributed by atoms with E-state index < -0.39 is 5.54 Å². The van der Waals surface area contributed by atoms with E-state index in [1.807, 2.05) is 13.8 Å². The molecule has 136 valence electrons. The Morgan fingerprint density at radius 1 is 1.16 bits per heavy atom. The molecular formula is C19H28N3O3+. The molecule has 0 saturated carbocycles. The van der Waals surface area contributed by atoms with Crippen molar-refractivity contribution in [3.63, 3.8) is 0 Å². The second-order valence-electron chi connectivity index (χ2n) is 6.07. The van der Waals surface area contributed by atoms with E-state index in [0.29, 0.717) is 18.5 Å². The Bertz CT molecular complexity index is 616. The lowest BCUT2D eigenvalue weighted by molar-refractivity contribution is -0.862. The van der Waals surface area contributed by atoms with Crippen LogP contribution in [0.5, 0.6) is 5.75 Å². The lowest BCUT2D eigenvalue weighted by Crippen LogP contribution is -3.11. The summed E-state index contributed by atoms with van der Waals surface area (Å²) in [5, 5.41) is 5.70. The summed E-state index contributed by atoms with van der Waals surface area (Å²) in [6, 6.07) is 7.08. The third kappa shape index (κ3) is 6.48. The van der Waals surface area contributed by atoms with Gasteiger partial charge in [-0.25, -0.2) is 0 Å². The van der Waals surface area contributed by atoms with Gasteiger partial charge in [-0.3, -0.25) is 9.59 Å². The van der Waals surface area contributed by atoms with Crippen LogP contribution in [0.25, 0.3) is 0 Å². The fourth-order valence-electron chi connectivity index (χ4n) is 2.47. The highest BCUT2D eigenvalue weighted by molar-refractivity contribution is 5.91. The molecule has 1 atom stereocenters. The number of rotatable bonds is 9. The minimum absolute atomic E-state index is 0.156. The zero-order chi connectivity index (χ0) is 18.9. The number of likely N-dealkylation sites (N-methyl/N-ethyl adjacent to an activating group) is 1. The van der Waals surface area contributed by atoms with Gasteiger partial charge in [0.2, 0.25) is 0 Å². The molecule has 0 saturated heterocycles. The third-order valence-corrected chi connectivity index (χ3v) is 4.16. The summed E-state index contributed by atoms with van der Waals surface area (Å²) >= 11 is 0. The van der Waals surface area contributed by atoms with Crippen molar-refractivity contribution in [2.45, 2.75) is 32.2 Å². The molecule has 0 aromatic heterocycles. The Labute approximate surface area is 149 Å². The van der Waals surface area contributed by atoms with E-state index in [-0.39, 0.29) is 24.9 Å². The Morgan fingerprint density at radius 3 is 2.20 bits per heavy atom. The number of hydrogen-bond donors (Lipinski definition) is 3. The van der Waals surface area contributed by atoms with Crippen LogP contribution < -0.4 is 20.3 Å². The predicted molar refractivity (Wildman–Crippen MR) is 98.5 cm³/mol. The normalized spacial score (nSPS) is 12.0. The largest absolute Gasteiger partial charge is 0.497 e. The van der Waals surface area contributed by atoms with Gasteiger partial charge in [0.15, 0.2) is 13.1 Å². The average molecular weight is 346 g/mol. The van der Waals surface area contributed by atoms with Gasteiger partial charge in [0.1, 0.15) is 11.3 Å². The van der Waals surface area contributed by atoms with Crippen molar-refractivity contribution in [1.29, 1.82) is 0 Å². The topological polar surface area (TPSA) is 71.9 Å². The number of ether oxygens (including phenoxy) is 1. The van der Waals surface area contributed by atoms with Crippen LogP contribution in [0.4, 0.5) is 5.69 Å². The quantitative estimate of drug-likeness (QED) is 0.569. The number of terminal acetylenes is 1. The molecule has 1 aromatic carbocycles. The summed E-state index contributed by atoms with van der Waals surface area (Å²) in [7, 11) is 3.38. The van der Waals surface area contributed by atoms with E-state index in [4.69, 9.17) is 11.2 Å². The zero-order valence-corrected chi connectivity index (χ0v) is 15.4. The van der Waals surface area contributed by atoms with Gasteiger partial charge in [0, 0.05) is 5.69 Å². The van der Waals surface area contributed by atoms with Crippen LogP contribution in [0, 0.1) is 12.3 Å². The first-order valence-electron chi connectivity index (χ1n) is 8.42. The van der Waals surface area contributed by atoms with Gasteiger partial charge in [0.05, 0.1) is 14.2 Å². The fourth-order valence-corrected chi connectivity index (χ4v) is 2.47. The SMILES string of the molecule is C#CC(CC)(CC)NC(=O)C[NH+](C)CC(=O)Nc1ccc(OC)cc1. The van der Waals surface area contributed by atoms with Gasteiger partial charge < -0.3 is 20.3 Å². The summed E-state index contributed by atoms with van der Waals surface area (Å²) in [5.74, 6) is 3.08. The molecule has 0 heterocycles. The number of nitrogens with one attached hydrogen (secondary N) is 3. The second-order valence-corrected chi connectivity index (χ2v) is 6.07. The van der Waals surface area contributed by atoms with Crippen LogP contribution in [0.15, 0.2) is 24.3 Å². The molecule has 0 aliphatic carbocycles. The molecule has 1 rings (SSSR count). The Hall–Kier alpha value is -2.52. The molecule has 3 N–H and O–H groups in total. The number of carbonyl (C=O) groups excluding carboxylic acids is 2. The molecule has 6 nitrogen and oxygen atoms in total. The van der Waals surface area contributed by atoms with E-state index in [1.54, 1.807) is 38.4 Å². The summed E-state index contributed by atoms with van der Waals surface area (Å²) < 4.78 is 5.07. The van der Waals surface area contributed by atoms with E-state index in [0.717, 1.165) is 10.6 Å². The first-order chi connectivity index (χ1) is 11.9. The number of benzene rings is 1. The van der Waals surface area contributed by atoms with Crippen LogP contribution in [-0.2, 0) is 9.59 Å². The minimum Gasteiger partial charge on any atom is -0.497 e. The standard InChI is InChI=1S/C19H27N3O3/c1-6-19(7-2,8-3)21-18(24)14-22(4)13-17(23)20-15-9-11-16(25-5)12-10-15/h1,9-12H,7-8,13-14H2,2-5H3,(H,20,23)(H,21,24)/p+1. The first-order valence-corrected chi connectivity index (χ1v) is 8.42. The Kier molecular flexibility index (Phi) is 7.96. The highest BCUT2D eigenvalue weighted by Gasteiger charge is 2.26. The Morgan fingerprint density at radius 2 is 1.72 bits per heavy atom. The maximum atomic E-state index is 12.2. The molecule has 1 aromatic rings. The third-order valence-electron chi connectivity index (χ3n) is 4.16. The molecule has 25 heavy (non-hydrogen) atoms. The summed E-state index contributed by atoms with van der Waals surface area (Å²) in [5.41, 5.74) is 0.0780. The maximum Gasteiger partial charge on any atom is 0.279 e. The molecule has 0 radical (unpaired) electrons. The van der Waals surface area contributed by atoms with Crippen LogP contribution >= 0.6 is 0 Å². The number of amides is 2. The van der Waals surface area contributed by atoms with Gasteiger partial charge in [-0.15, -0.1) is 6.42 Å². The lowest BCUT2D eigenvalue weighted by Gasteiger charge is -2.27. The van der Waals surface area contributed by atoms with Crippen molar-refractivity contribution in [3.8, 4) is 18.1 Å². The highest BCUT2D eigenvalue weighted by atomic mass is 16.5. The van der Waals surface area contributed by atoms with E-state index >= 15 is 0 Å². The molecule has 0 aliphatic heterocycles. The van der Waals surface area contributed by atoms with Crippen LogP contribution in [-0.4, -0.2) is 44.6 Å². The van der Waals surface area contributed by atoms with Gasteiger partial charge in [0.25, 0.3) is 11.8 Å². The number of carbonyl (C=O) groups is 2. The monoisotopic (exact) mass is 346 g/mol. The van der Waals surface area contributed by atoms with Gasteiger partial charge in [-0.2, -0.15) is 0 Å². The number of quaternary nitrogens is 1. The van der Waals surface area contributed by atoms with Crippen LogP contribution in [0.1, 0.15) is 26.7 Å². The molecule has 0 bridgehead atoms. The lowest BCUT2D eigenvalue weighted by atomic mass is 9.94.